The van der Waals surface area contributed by atoms with Crippen LogP contribution in [-0.4, -0.2) is 53.4 Å². The largest absolute Gasteiger partial charge is 0.497 e. The monoisotopic (exact) mass is 480 g/mol. The lowest BCUT2D eigenvalue weighted by atomic mass is 9.97. The van der Waals surface area contributed by atoms with Gasteiger partial charge in [0, 0.05) is 23.5 Å². The molecule has 4 rings (SSSR count). The highest BCUT2D eigenvalue weighted by molar-refractivity contribution is 7.99. The van der Waals surface area contributed by atoms with Gasteiger partial charge in [0.25, 0.3) is 0 Å². The van der Waals surface area contributed by atoms with Gasteiger partial charge in [0.05, 0.1) is 19.6 Å². The first-order valence-electron chi connectivity index (χ1n) is 11.8. The minimum Gasteiger partial charge on any atom is -0.497 e. The number of rotatable bonds is 10. The molecule has 1 aliphatic rings. The second kappa shape index (κ2) is 12.0. The van der Waals surface area contributed by atoms with Crippen molar-refractivity contribution in [2.45, 2.75) is 37.6 Å². The van der Waals surface area contributed by atoms with E-state index >= 15 is 0 Å². The highest BCUT2D eigenvalue weighted by Gasteiger charge is 2.26. The van der Waals surface area contributed by atoms with Crippen LogP contribution < -0.4 is 10.1 Å². The topological polar surface area (TPSA) is 80.5 Å². The fourth-order valence-corrected chi connectivity index (χ4v) is 4.89. The van der Waals surface area contributed by atoms with Gasteiger partial charge in [-0.05, 0) is 74.9 Å². The number of amides is 1. The lowest BCUT2D eigenvalue weighted by Gasteiger charge is -2.30. The molecule has 0 bridgehead atoms. The standard InChI is InChI=1S/C26H32N4O3S/c1-19-6-12-23(13-7-19)34-16-4-14-27-26(31)21-5-3-15-30(17-21)18-24-28-25(29-33-24)20-8-10-22(32-2)11-9-20/h6-13,21H,3-5,14-18H2,1-2H3,(H,27,31). The molecule has 7 nitrogen and oxygen atoms in total. The second-order valence-electron chi connectivity index (χ2n) is 8.62. The van der Waals surface area contributed by atoms with E-state index in [1.54, 1.807) is 7.11 Å². The van der Waals surface area contributed by atoms with Crippen LogP contribution in [-0.2, 0) is 11.3 Å². The molecule has 3 aromatic rings. The average molecular weight is 481 g/mol. The Morgan fingerprint density at radius 2 is 2.00 bits per heavy atom. The predicted octanol–water partition coefficient (Wildman–Crippen LogP) is 4.56. The molecule has 1 fully saturated rings. The third-order valence-electron chi connectivity index (χ3n) is 5.96. The number of thioether (sulfide) groups is 1. The zero-order valence-electron chi connectivity index (χ0n) is 19.8. The van der Waals surface area contributed by atoms with Crippen LogP contribution in [0.1, 0.15) is 30.7 Å². The van der Waals surface area contributed by atoms with E-state index in [1.165, 1.54) is 10.5 Å². The Hall–Kier alpha value is -2.84. The van der Waals surface area contributed by atoms with Crippen LogP contribution in [0.2, 0.25) is 0 Å². The fourth-order valence-electron chi connectivity index (χ4n) is 4.03. The van der Waals surface area contributed by atoms with Crippen LogP contribution in [0.15, 0.2) is 57.9 Å². The SMILES string of the molecule is COc1ccc(-c2noc(CN3CCCC(C(=O)NCCCSc4ccc(C)cc4)C3)n2)cc1. The van der Waals surface area contributed by atoms with E-state index in [0.717, 1.165) is 42.9 Å². The number of nitrogens with zero attached hydrogens (tertiary/aromatic N) is 3. The molecule has 1 atom stereocenters. The quantitative estimate of drug-likeness (QED) is 0.336. The third-order valence-corrected chi connectivity index (χ3v) is 7.06. The lowest BCUT2D eigenvalue weighted by molar-refractivity contribution is -0.126. The summed E-state index contributed by atoms with van der Waals surface area (Å²) in [7, 11) is 1.64. The molecule has 0 saturated carbocycles. The van der Waals surface area contributed by atoms with E-state index in [4.69, 9.17) is 9.26 Å². The van der Waals surface area contributed by atoms with Gasteiger partial charge in [0.1, 0.15) is 5.75 Å². The van der Waals surface area contributed by atoms with Crippen LogP contribution >= 0.6 is 11.8 Å². The highest BCUT2D eigenvalue weighted by atomic mass is 32.2. The number of piperidine rings is 1. The summed E-state index contributed by atoms with van der Waals surface area (Å²) in [6.07, 6.45) is 2.86. The summed E-state index contributed by atoms with van der Waals surface area (Å²) in [5, 5.41) is 7.24. The summed E-state index contributed by atoms with van der Waals surface area (Å²) in [5.41, 5.74) is 2.15. The molecule has 1 amide bonds. The van der Waals surface area contributed by atoms with Crippen LogP contribution in [0.4, 0.5) is 0 Å². The van der Waals surface area contributed by atoms with Crippen molar-refractivity contribution in [3.63, 3.8) is 0 Å². The van der Waals surface area contributed by atoms with E-state index < -0.39 is 0 Å². The molecule has 1 unspecified atom stereocenters. The summed E-state index contributed by atoms with van der Waals surface area (Å²) < 4.78 is 10.7. The van der Waals surface area contributed by atoms with Gasteiger partial charge in [0.15, 0.2) is 0 Å². The normalized spacial score (nSPS) is 16.4. The summed E-state index contributed by atoms with van der Waals surface area (Å²) >= 11 is 1.83. The van der Waals surface area contributed by atoms with Gasteiger partial charge in [-0.15, -0.1) is 11.8 Å². The van der Waals surface area contributed by atoms with Gasteiger partial charge >= 0.3 is 0 Å². The van der Waals surface area contributed by atoms with Crippen molar-refractivity contribution in [1.29, 1.82) is 0 Å². The average Bonchev–Trinajstić information content (AvgIpc) is 3.33. The number of carbonyl (C=O) groups excluding carboxylic acids is 1. The molecule has 34 heavy (non-hydrogen) atoms. The first-order chi connectivity index (χ1) is 16.6. The van der Waals surface area contributed by atoms with E-state index in [2.05, 4.69) is 51.5 Å². The lowest BCUT2D eigenvalue weighted by Crippen LogP contribution is -2.43. The summed E-state index contributed by atoms with van der Waals surface area (Å²) in [6.45, 7) is 5.00. The van der Waals surface area contributed by atoms with Gasteiger partial charge in [-0.2, -0.15) is 4.98 Å². The Balaban J connectivity index is 1.19. The van der Waals surface area contributed by atoms with Gasteiger partial charge in [-0.25, -0.2) is 0 Å². The summed E-state index contributed by atoms with van der Waals surface area (Å²) in [4.78, 5) is 20.7. The zero-order chi connectivity index (χ0) is 23.8. The van der Waals surface area contributed by atoms with Crippen LogP contribution in [0.3, 0.4) is 0 Å². The Kier molecular flexibility index (Phi) is 8.60. The number of hydrogen-bond donors (Lipinski definition) is 1. The molecular weight excluding hydrogens is 448 g/mol. The van der Waals surface area contributed by atoms with E-state index in [0.29, 0.717) is 31.3 Å². The first-order valence-corrected chi connectivity index (χ1v) is 12.8. The molecule has 0 spiro atoms. The van der Waals surface area contributed by atoms with Crippen LogP contribution in [0.5, 0.6) is 5.75 Å². The number of carbonyl (C=O) groups is 1. The minimum absolute atomic E-state index is 0.00230. The molecule has 1 aromatic heterocycles. The van der Waals surface area contributed by atoms with Gasteiger partial charge in [-0.3, -0.25) is 9.69 Å². The fraction of sp³-hybridized carbons (Fsp3) is 0.423. The summed E-state index contributed by atoms with van der Waals surface area (Å²) in [5.74, 6) is 3.06. The molecule has 180 valence electrons. The highest BCUT2D eigenvalue weighted by Crippen LogP contribution is 2.22. The van der Waals surface area contributed by atoms with Crippen molar-refractivity contribution >= 4 is 17.7 Å². The van der Waals surface area contributed by atoms with Crippen molar-refractivity contribution in [2.24, 2.45) is 5.92 Å². The minimum atomic E-state index is 0.00230. The molecule has 1 saturated heterocycles. The van der Waals surface area contributed by atoms with Gasteiger partial charge < -0.3 is 14.6 Å². The molecule has 1 aliphatic heterocycles. The molecule has 2 heterocycles. The Bertz CT molecular complexity index is 1050. The van der Waals surface area contributed by atoms with E-state index in [9.17, 15) is 4.79 Å². The molecule has 0 radical (unpaired) electrons. The zero-order valence-corrected chi connectivity index (χ0v) is 20.6. The van der Waals surface area contributed by atoms with Crippen molar-refractivity contribution < 1.29 is 14.1 Å². The number of nitrogens with one attached hydrogen (secondary N) is 1. The smallest absolute Gasteiger partial charge is 0.241 e. The molecule has 1 N–H and O–H groups in total. The number of hydrogen-bond acceptors (Lipinski definition) is 7. The Morgan fingerprint density at radius 1 is 1.21 bits per heavy atom. The van der Waals surface area contributed by atoms with Crippen molar-refractivity contribution in [3.8, 4) is 17.1 Å². The molecule has 0 aliphatic carbocycles. The van der Waals surface area contributed by atoms with Gasteiger partial charge in [0.2, 0.25) is 17.6 Å². The number of aromatic nitrogens is 2. The molecular formula is C26H32N4O3S. The Morgan fingerprint density at radius 3 is 2.76 bits per heavy atom. The summed E-state index contributed by atoms with van der Waals surface area (Å²) in [6, 6.07) is 16.1. The first kappa shape index (κ1) is 24.3. The Labute approximate surface area is 205 Å². The molecule has 2 aromatic carbocycles. The molecule has 8 heteroatoms. The number of methoxy groups -OCH3 is 1. The van der Waals surface area contributed by atoms with Crippen molar-refractivity contribution in [3.05, 3.63) is 60.0 Å². The number of benzene rings is 2. The van der Waals surface area contributed by atoms with E-state index in [1.807, 2.05) is 36.0 Å². The van der Waals surface area contributed by atoms with Crippen LogP contribution in [0, 0.1) is 12.8 Å². The third kappa shape index (κ3) is 6.84. The maximum Gasteiger partial charge on any atom is 0.241 e. The number of ether oxygens (including phenoxy) is 1. The number of aryl methyl sites for hydroxylation is 1. The maximum absolute atomic E-state index is 12.7. The van der Waals surface area contributed by atoms with Gasteiger partial charge in [-0.1, -0.05) is 22.9 Å². The maximum atomic E-state index is 12.7. The number of likely N-dealkylation sites (tertiary alicyclic amines) is 1. The van der Waals surface area contributed by atoms with Crippen molar-refractivity contribution in [1.82, 2.24) is 20.4 Å². The predicted molar refractivity (Wildman–Crippen MR) is 134 cm³/mol. The second-order valence-corrected chi connectivity index (χ2v) is 9.79. The van der Waals surface area contributed by atoms with E-state index in [-0.39, 0.29) is 11.8 Å². The van der Waals surface area contributed by atoms with Crippen LogP contribution in [0.25, 0.3) is 11.4 Å². The van der Waals surface area contributed by atoms with Crippen molar-refractivity contribution in [2.75, 3.05) is 32.5 Å².